The van der Waals surface area contributed by atoms with Gasteiger partial charge in [-0.05, 0) is 58.8 Å². The molecule has 2 aromatic heterocycles. The van der Waals surface area contributed by atoms with E-state index in [1.807, 2.05) is 9.47 Å². The van der Waals surface area contributed by atoms with Crippen LogP contribution in [0.3, 0.4) is 0 Å². The van der Waals surface area contributed by atoms with Gasteiger partial charge in [-0.25, -0.2) is 0 Å². The number of hydrogen-bond donors (Lipinski definition) is 0. The van der Waals surface area contributed by atoms with E-state index in [0.717, 1.165) is 23.7 Å². The van der Waals surface area contributed by atoms with Gasteiger partial charge in [0, 0.05) is 18.3 Å². The fourth-order valence-corrected chi connectivity index (χ4v) is 4.59. The average molecular weight is 413 g/mol. The van der Waals surface area contributed by atoms with E-state index in [2.05, 4.69) is 65.1 Å². The molecule has 1 aliphatic rings. The number of benzene rings is 1. The van der Waals surface area contributed by atoms with E-state index in [-0.39, 0.29) is 5.91 Å². The van der Waals surface area contributed by atoms with Crippen molar-refractivity contribution in [2.24, 2.45) is 0 Å². The lowest BCUT2D eigenvalue weighted by molar-refractivity contribution is -0.129. The molecule has 0 bridgehead atoms. The highest BCUT2D eigenvalue weighted by Gasteiger charge is 2.32. The highest BCUT2D eigenvalue weighted by atomic mass is 32.2. The van der Waals surface area contributed by atoms with Gasteiger partial charge >= 0.3 is 0 Å². The average Bonchev–Trinajstić information content (AvgIpc) is 3.21. The Balaban J connectivity index is 1.42. The molecule has 3 aromatic rings. The van der Waals surface area contributed by atoms with E-state index in [0.29, 0.717) is 24.3 Å². The highest BCUT2D eigenvalue weighted by molar-refractivity contribution is 7.99. The molecule has 146 valence electrons. The molecular weight excluding hydrogens is 388 g/mol. The Kier molecular flexibility index (Phi) is 5.82. The zero-order chi connectivity index (χ0) is 19.5. The molecule has 28 heavy (non-hydrogen) atoms. The Hall–Kier alpha value is -2.12. The largest absolute Gasteiger partial charge is 0.335 e. The monoisotopic (exact) mass is 412 g/mol. The number of amides is 1. The van der Waals surface area contributed by atoms with Crippen LogP contribution in [0.4, 0.5) is 0 Å². The quantitative estimate of drug-likeness (QED) is 0.502. The van der Waals surface area contributed by atoms with E-state index >= 15 is 0 Å². The molecule has 1 saturated carbocycles. The molecule has 0 aliphatic heterocycles. The fourth-order valence-electron chi connectivity index (χ4n) is 3.12. The van der Waals surface area contributed by atoms with Gasteiger partial charge in [-0.3, -0.25) is 9.36 Å². The van der Waals surface area contributed by atoms with Gasteiger partial charge in [-0.1, -0.05) is 37.7 Å². The van der Waals surface area contributed by atoms with Crippen molar-refractivity contribution >= 4 is 29.0 Å². The molecule has 0 unspecified atom stereocenters. The summed E-state index contributed by atoms with van der Waals surface area (Å²) in [5, 5.41) is 13.2. The summed E-state index contributed by atoms with van der Waals surface area (Å²) in [4.78, 5) is 14.9. The van der Waals surface area contributed by atoms with Gasteiger partial charge in [-0.15, -0.1) is 10.2 Å². The first kappa shape index (κ1) is 19.2. The summed E-state index contributed by atoms with van der Waals surface area (Å²) in [5.41, 5.74) is 3.53. The number of rotatable bonds is 8. The second-order valence-electron chi connectivity index (χ2n) is 7.40. The van der Waals surface area contributed by atoms with Gasteiger partial charge in [0.1, 0.15) is 6.33 Å². The van der Waals surface area contributed by atoms with Crippen molar-refractivity contribution < 1.29 is 4.79 Å². The third-order valence-electron chi connectivity index (χ3n) is 4.92. The van der Waals surface area contributed by atoms with Crippen molar-refractivity contribution in [1.29, 1.82) is 0 Å². The van der Waals surface area contributed by atoms with Gasteiger partial charge in [0.2, 0.25) is 5.91 Å². The zero-order valence-corrected chi connectivity index (χ0v) is 17.7. The van der Waals surface area contributed by atoms with Crippen molar-refractivity contribution in [3.63, 3.8) is 0 Å². The van der Waals surface area contributed by atoms with E-state index < -0.39 is 0 Å². The van der Waals surface area contributed by atoms with Gasteiger partial charge in [0.25, 0.3) is 0 Å². The maximum atomic E-state index is 12.9. The van der Waals surface area contributed by atoms with Crippen LogP contribution in [0.15, 0.2) is 52.6 Å². The lowest BCUT2D eigenvalue weighted by atomic mass is 10.0. The van der Waals surface area contributed by atoms with Crippen molar-refractivity contribution in [1.82, 2.24) is 19.7 Å². The predicted octanol–water partition coefficient (Wildman–Crippen LogP) is 4.74. The minimum absolute atomic E-state index is 0.170. The summed E-state index contributed by atoms with van der Waals surface area (Å²) in [7, 11) is 0. The Morgan fingerprint density at radius 3 is 2.71 bits per heavy atom. The molecule has 0 saturated heterocycles. The molecule has 5 nitrogen and oxygen atoms in total. The summed E-state index contributed by atoms with van der Waals surface area (Å²) in [6.07, 6.45) is 3.93. The maximum absolute atomic E-state index is 12.9. The summed E-state index contributed by atoms with van der Waals surface area (Å²) >= 11 is 3.13. The van der Waals surface area contributed by atoms with Crippen molar-refractivity contribution in [2.75, 3.05) is 5.75 Å². The standard InChI is InChI=1S/C21H24N4OS2/c1-15(2)17-3-5-19(6-4-17)25-14-22-23-21(25)28-13-20(26)24(18-7-8-18)11-16-9-10-27-12-16/h3-6,9-10,12,14-15,18H,7-8,11,13H2,1-2H3. The third-order valence-corrected chi connectivity index (χ3v) is 6.58. The van der Waals surface area contributed by atoms with Crippen LogP contribution in [0, 0.1) is 0 Å². The zero-order valence-electron chi connectivity index (χ0n) is 16.1. The van der Waals surface area contributed by atoms with E-state index in [1.165, 1.54) is 22.9 Å². The first-order valence-corrected chi connectivity index (χ1v) is 11.5. The minimum atomic E-state index is 0.170. The van der Waals surface area contributed by atoms with Crippen molar-refractivity contribution in [3.8, 4) is 5.69 Å². The summed E-state index contributed by atoms with van der Waals surface area (Å²) in [6, 6.07) is 10.9. The molecular formula is C21H24N4OS2. The summed E-state index contributed by atoms with van der Waals surface area (Å²) in [5.74, 6) is 1.05. The second-order valence-corrected chi connectivity index (χ2v) is 9.13. The smallest absolute Gasteiger partial charge is 0.233 e. The Morgan fingerprint density at radius 2 is 2.07 bits per heavy atom. The Labute approximate surface area is 173 Å². The SMILES string of the molecule is CC(C)c1ccc(-n2cnnc2SCC(=O)N(Cc2ccsc2)C2CC2)cc1. The number of aromatic nitrogens is 3. The normalized spacial score (nSPS) is 13.8. The van der Waals surface area contributed by atoms with Gasteiger partial charge < -0.3 is 4.90 Å². The van der Waals surface area contributed by atoms with E-state index in [4.69, 9.17) is 0 Å². The van der Waals surface area contributed by atoms with Crippen LogP contribution in [0.5, 0.6) is 0 Å². The van der Waals surface area contributed by atoms with Crippen LogP contribution in [-0.4, -0.2) is 37.4 Å². The molecule has 1 aromatic carbocycles. The summed E-state index contributed by atoms with van der Waals surface area (Å²) in [6.45, 7) is 5.07. The summed E-state index contributed by atoms with van der Waals surface area (Å²) < 4.78 is 1.95. The molecule has 0 atom stereocenters. The van der Waals surface area contributed by atoms with Crippen LogP contribution in [-0.2, 0) is 11.3 Å². The molecule has 1 fully saturated rings. The van der Waals surface area contributed by atoms with Crippen LogP contribution < -0.4 is 0 Å². The van der Waals surface area contributed by atoms with E-state index in [9.17, 15) is 4.79 Å². The molecule has 0 N–H and O–H groups in total. The molecule has 2 heterocycles. The number of thiophene rings is 1. The van der Waals surface area contributed by atoms with Gasteiger partial charge in [0.05, 0.1) is 5.75 Å². The topological polar surface area (TPSA) is 51.0 Å². The first-order valence-electron chi connectivity index (χ1n) is 9.55. The van der Waals surface area contributed by atoms with Crippen LogP contribution in [0.2, 0.25) is 0 Å². The van der Waals surface area contributed by atoms with Crippen LogP contribution in [0.25, 0.3) is 5.69 Å². The lowest BCUT2D eigenvalue weighted by Crippen LogP contribution is -2.33. The van der Waals surface area contributed by atoms with Crippen LogP contribution >= 0.6 is 23.1 Å². The first-order chi connectivity index (χ1) is 13.6. The highest BCUT2D eigenvalue weighted by Crippen LogP contribution is 2.30. The van der Waals surface area contributed by atoms with Gasteiger partial charge in [-0.2, -0.15) is 11.3 Å². The van der Waals surface area contributed by atoms with E-state index in [1.54, 1.807) is 17.7 Å². The van der Waals surface area contributed by atoms with Crippen LogP contribution in [0.1, 0.15) is 43.7 Å². The maximum Gasteiger partial charge on any atom is 0.233 e. The second kappa shape index (κ2) is 8.49. The number of carbonyl (C=O) groups excluding carboxylic acids is 1. The number of carbonyl (C=O) groups is 1. The predicted molar refractivity (Wildman–Crippen MR) is 114 cm³/mol. The molecule has 4 rings (SSSR count). The Morgan fingerprint density at radius 1 is 1.29 bits per heavy atom. The molecule has 0 spiro atoms. The molecule has 1 aliphatic carbocycles. The van der Waals surface area contributed by atoms with Crippen molar-refractivity contribution in [2.45, 2.75) is 50.4 Å². The molecule has 1 amide bonds. The number of thioether (sulfide) groups is 1. The molecule has 0 radical (unpaired) electrons. The minimum Gasteiger partial charge on any atom is -0.335 e. The third kappa shape index (κ3) is 4.47. The fraction of sp³-hybridized carbons (Fsp3) is 0.381. The lowest BCUT2D eigenvalue weighted by Gasteiger charge is -2.21. The molecule has 7 heteroatoms. The number of nitrogens with zero attached hydrogens (tertiary/aromatic N) is 4. The van der Waals surface area contributed by atoms with Gasteiger partial charge in [0.15, 0.2) is 5.16 Å². The van der Waals surface area contributed by atoms with Crippen molar-refractivity contribution in [3.05, 3.63) is 58.5 Å². The number of hydrogen-bond acceptors (Lipinski definition) is 5. The Bertz CT molecular complexity index is 914.